The molecule has 0 atom stereocenters. The van der Waals surface area contributed by atoms with Crippen LogP contribution in [0.2, 0.25) is 0 Å². The van der Waals surface area contributed by atoms with Crippen molar-refractivity contribution >= 4 is 174 Å². The third-order valence-corrected chi connectivity index (χ3v) is 37.6. The molecule has 7 aliphatic rings. The quantitative estimate of drug-likeness (QED) is 0.149. The molecule has 0 radical (unpaired) electrons. The highest BCUT2D eigenvalue weighted by Gasteiger charge is 2.47. The van der Waals surface area contributed by atoms with Crippen molar-refractivity contribution in [2.75, 3.05) is 0 Å². The van der Waals surface area contributed by atoms with Crippen molar-refractivity contribution in [3.63, 3.8) is 0 Å². The Hall–Kier alpha value is -16.6. The lowest BCUT2D eigenvalue weighted by atomic mass is 9.79. The lowest BCUT2D eigenvalue weighted by molar-refractivity contribution is 0.661. The first-order valence-corrected chi connectivity index (χ1v) is 52.4. The number of furan rings is 1. The van der Waals surface area contributed by atoms with Gasteiger partial charge in [-0.25, -0.2) is 0 Å². The molecule has 0 N–H and O–H groups in total. The zero-order valence-electron chi connectivity index (χ0n) is 84.3. The van der Waals surface area contributed by atoms with Crippen LogP contribution in [-0.4, -0.2) is 17.6 Å². The normalized spacial score (nSPS) is 16.1. The fraction of sp³-hybridized carbons (Fsp3) is 0.149. The second kappa shape index (κ2) is 26.9. The third kappa shape index (κ3) is 9.64. The molecule has 692 valence electrons. The number of hydrogen-bond donors (Lipinski definition) is 0. The Balaban J connectivity index is 0.0000000851. The minimum absolute atomic E-state index is 0.00830. The van der Waals surface area contributed by atoms with Crippen LogP contribution in [0.4, 0.5) is 0 Å². The molecule has 5 heteroatoms. The summed E-state index contributed by atoms with van der Waals surface area (Å²) in [6, 6.07) is 137. The van der Waals surface area contributed by atoms with E-state index in [-0.39, 0.29) is 37.9 Å². The molecule has 0 spiro atoms. The molecule has 9 heterocycles. The van der Waals surface area contributed by atoms with Crippen LogP contribution in [0.1, 0.15) is 175 Å². The van der Waals surface area contributed by atoms with Crippen molar-refractivity contribution in [2.24, 2.45) is 0 Å². The number of aromatic nitrogens is 4. The molecule has 0 unspecified atom stereocenters. The molecule has 20 aromatic carbocycles. The molecule has 0 saturated carbocycles. The SMILES string of the molecule is CC1(C)c2ccccc2-c2cc3c(cc21)c1c2c(cc4c5ccccc5n3c41)-c1ccccc1C2(C)C.CC1(C)c2ccccc2-c2cc3c(cc21)c1c2c(cc4c5ccccc5n3c41)C(C)(C)c1ccccc1-2.CC1(C)c2ccccc2-c2cc3c(cc21)c1cc2c(c4c5ccccc5n3c14)-c1ccccc1C2(C)C.CC1(C)c2ccccc2-c2cc3c(cc21)c1cc2c4ccccc4oc2c2c4ccccc4n3c12. The molecule has 9 aromatic heterocycles. The van der Waals surface area contributed by atoms with Crippen LogP contribution in [-0.2, 0) is 37.9 Å². The highest BCUT2D eigenvalue weighted by atomic mass is 16.3. The van der Waals surface area contributed by atoms with Crippen molar-refractivity contribution < 1.29 is 4.42 Å². The second-order valence-corrected chi connectivity index (χ2v) is 47.1. The molecule has 36 rings (SSSR count). The Kier molecular flexibility index (Phi) is 15.1. The molecule has 146 heavy (non-hydrogen) atoms. The van der Waals surface area contributed by atoms with E-state index < -0.39 is 0 Å². The van der Waals surface area contributed by atoms with E-state index in [4.69, 9.17) is 4.42 Å². The van der Waals surface area contributed by atoms with Gasteiger partial charge in [0.05, 0.1) is 71.6 Å². The number of fused-ring (bicyclic) bond motifs is 52. The highest BCUT2D eigenvalue weighted by Crippen LogP contribution is 2.65. The number of hydrogen-bond acceptors (Lipinski definition) is 1. The number of para-hydroxylation sites is 5. The monoisotopic (exact) mass is 1870 g/mol. The standard InChI is InChI=1S/3C36H27N.C33H21NO/c1-35(2)26-14-8-5-11-20(26)23-19-31-25(18-28(23)35)33-32-22-13-6-9-15-27(22)36(3,4)29(32)17-24-21-12-7-10-16-30(21)37(31)34(24)33;1-35(2)26-14-8-5-11-20(26)23-19-31-24(17-28(23)35)25-18-29-32(21-12-6-9-15-27(21)36(29,3)4)33-22-13-7-10-16-30(22)37(31)34(25)33;1-35(2)27-14-8-5-11-20(27)23-19-31-26(18-29(23)35)32-33-24(21-12-6-9-15-28(21)36(33,3)4)17-25-22-13-7-10-16-30(22)37(31)34(25)32;1-33(2)25-12-6-3-9-18(25)21-17-28-22(16-26(21)33)23-15-24-19-10-5-8-14-29(19)35-32(24)30-20-11-4-7-13-27(20)34(28)31(23)30/h3*5-19H,1-4H3;3-17H,1-2H3. The number of benzene rings is 20. The van der Waals surface area contributed by atoms with E-state index in [1.165, 1.54) is 319 Å². The fourth-order valence-corrected chi connectivity index (χ4v) is 30.8. The molecule has 7 aliphatic carbocycles. The van der Waals surface area contributed by atoms with Crippen molar-refractivity contribution in [3.8, 4) is 77.9 Å². The zero-order valence-corrected chi connectivity index (χ0v) is 84.3. The molecule has 0 amide bonds. The Bertz CT molecular complexity index is 11100. The summed E-state index contributed by atoms with van der Waals surface area (Å²) < 4.78 is 16.6. The third-order valence-electron chi connectivity index (χ3n) is 37.6. The maximum Gasteiger partial charge on any atom is 0.145 e. The van der Waals surface area contributed by atoms with Crippen LogP contribution in [0, 0.1) is 0 Å². The van der Waals surface area contributed by atoms with Gasteiger partial charge in [0, 0.05) is 129 Å². The zero-order chi connectivity index (χ0) is 97.6. The van der Waals surface area contributed by atoms with Gasteiger partial charge in [-0.2, -0.15) is 0 Å². The maximum atomic E-state index is 6.51. The minimum atomic E-state index is -0.0597. The van der Waals surface area contributed by atoms with Gasteiger partial charge in [-0.1, -0.05) is 358 Å². The van der Waals surface area contributed by atoms with Gasteiger partial charge in [-0.05, 0) is 259 Å². The van der Waals surface area contributed by atoms with Gasteiger partial charge in [-0.15, -0.1) is 0 Å². The minimum Gasteiger partial charge on any atom is -0.455 e. The van der Waals surface area contributed by atoms with Crippen molar-refractivity contribution in [2.45, 2.75) is 135 Å². The van der Waals surface area contributed by atoms with E-state index >= 15 is 0 Å². The molecule has 29 aromatic rings. The average molecular weight is 1870 g/mol. The second-order valence-electron chi connectivity index (χ2n) is 47.1. The predicted molar refractivity (Wildman–Crippen MR) is 615 cm³/mol. The average Bonchev–Trinajstić information content (AvgIpc) is 1.48. The van der Waals surface area contributed by atoms with Crippen LogP contribution in [0.3, 0.4) is 0 Å². The lowest BCUT2D eigenvalue weighted by Crippen LogP contribution is -2.15. The lowest BCUT2D eigenvalue weighted by Gasteiger charge is -2.23. The van der Waals surface area contributed by atoms with Gasteiger partial charge in [0.1, 0.15) is 11.2 Å². The Labute approximate surface area is 844 Å². The maximum absolute atomic E-state index is 6.51. The van der Waals surface area contributed by atoms with Gasteiger partial charge >= 0.3 is 0 Å². The summed E-state index contributed by atoms with van der Waals surface area (Å²) in [5.41, 5.74) is 57.2. The van der Waals surface area contributed by atoms with E-state index in [9.17, 15) is 0 Å². The Morgan fingerprint density at radius 3 is 0.836 bits per heavy atom. The molecule has 0 saturated heterocycles. The fourth-order valence-electron chi connectivity index (χ4n) is 30.8. The van der Waals surface area contributed by atoms with Gasteiger partial charge in [-0.3, -0.25) is 0 Å². The summed E-state index contributed by atoms with van der Waals surface area (Å²) in [6.45, 7) is 33.4. The number of rotatable bonds is 0. The van der Waals surface area contributed by atoms with Crippen LogP contribution in [0.5, 0.6) is 0 Å². The summed E-state index contributed by atoms with van der Waals surface area (Å²) >= 11 is 0. The molecular formula is C141H102N4O. The van der Waals surface area contributed by atoms with Crippen molar-refractivity contribution in [1.82, 2.24) is 17.6 Å². The largest absolute Gasteiger partial charge is 0.455 e. The molecular weight excluding hydrogens is 1770 g/mol. The first-order valence-electron chi connectivity index (χ1n) is 52.4. The summed E-state index contributed by atoms with van der Waals surface area (Å²) in [5, 5.41) is 24.1. The molecule has 5 nitrogen and oxygen atoms in total. The Morgan fingerprint density at radius 1 is 0.158 bits per heavy atom. The van der Waals surface area contributed by atoms with Gasteiger partial charge in [0.15, 0.2) is 0 Å². The van der Waals surface area contributed by atoms with Crippen molar-refractivity contribution in [1.29, 1.82) is 0 Å². The topological polar surface area (TPSA) is 30.8 Å². The number of nitrogens with zero attached hydrogens (tertiary/aromatic N) is 4. The van der Waals surface area contributed by atoms with Crippen molar-refractivity contribution in [3.05, 3.63) is 442 Å². The summed E-state index contributed by atoms with van der Waals surface area (Å²) in [7, 11) is 0. The smallest absolute Gasteiger partial charge is 0.145 e. The molecule has 0 bridgehead atoms. The van der Waals surface area contributed by atoms with E-state index in [1.807, 2.05) is 0 Å². The summed E-state index contributed by atoms with van der Waals surface area (Å²) in [4.78, 5) is 0. The summed E-state index contributed by atoms with van der Waals surface area (Å²) in [6.07, 6.45) is 0. The Morgan fingerprint density at radius 2 is 0.418 bits per heavy atom. The van der Waals surface area contributed by atoms with E-state index in [2.05, 4.69) is 479 Å². The van der Waals surface area contributed by atoms with Gasteiger partial charge in [0.2, 0.25) is 0 Å². The first kappa shape index (κ1) is 81.9. The first-order chi connectivity index (χ1) is 70.8. The van der Waals surface area contributed by atoms with E-state index in [1.54, 1.807) is 0 Å². The van der Waals surface area contributed by atoms with E-state index in [0.29, 0.717) is 0 Å². The van der Waals surface area contributed by atoms with Gasteiger partial charge < -0.3 is 22.0 Å². The van der Waals surface area contributed by atoms with Gasteiger partial charge in [0.25, 0.3) is 0 Å². The van der Waals surface area contributed by atoms with Crippen LogP contribution >= 0.6 is 0 Å². The van der Waals surface area contributed by atoms with Crippen LogP contribution in [0.15, 0.2) is 368 Å². The molecule has 0 aliphatic heterocycles. The van der Waals surface area contributed by atoms with Crippen LogP contribution < -0.4 is 0 Å². The summed E-state index contributed by atoms with van der Waals surface area (Å²) in [5.74, 6) is 0. The van der Waals surface area contributed by atoms with E-state index in [0.717, 1.165) is 11.2 Å². The predicted octanol–water partition coefficient (Wildman–Crippen LogP) is 37.4. The van der Waals surface area contributed by atoms with Crippen LogP contribution in [0.25, 0.3) is 252 Å². The molecule has 0 fully saturated rings. The highest BCUT2D eigenvalue weighted by molar-refractivity contribution is 6.35.